The normalized spacial score (nSPS) is 15.2. The van der Waals surface area contributed by atoms with Crippen molar-refractivity contribution < 1.29 is 28.8 Å². The minimum atomic E-state index is -0.850. The van der Waals surface area contributed by atoms with Crippen molar-refractivity contribution in [3.63, 3.8) is 0 Å². The van der Waals surface area contributed by atoms with Crippen LogP contribution in [0.4, 0.5) is 0 Å². The summed E-state index contributed by atoms with van der Waals surface area (Å²) in [6.07, 6.45) is 1.71. The SMILES string of the molecule is CCOC(=O)C1=C(C)N=c2sc(=Cc3cc(I)c(O)c(OC)c3)c(=O)n2[C@@H]1c1cc(OC)ccc1OC. The Hall–Kier alpha value is -3.32. The third kappa shape index (κ3) is 4.97. The van der Waals surface area contributed by atoms with E-state index >= 15 is 0 Å². The van der Waals surface area contributed by atoms with Crippen LogP contribution in [0, 0.1) is 3.57 Å². The Labute approximate surface area is 230 Å². The van der Waals surface area contributed by atoms with Gasteiger partial charge in [0.1, 0.15) is 17.5 Å². The molecule has 4 rings (SSSR count). The molecule has 11 heteroatoms. The van der Waals surface area contributed by atoms with Crippen molar-refractivity contribution in [1.29, 1.82) is 0 Å². The van der Waals surface area contributed by atoms with Gasteiger partial charge in [0, 0.05) is 5.56 Å². The van der Waals surface area contributed by atoms with Crippen molar-refractivity contribution in [1.82, 2.24) is 4.57 Å². The summed E-state index contributed by atoms with van der Waals surface area (Å²) in [5.74, 6) is 0.786. The molecule has 0 radical (unpaired) electrons. The minimum Gasteiger partial charge on any atom is -0.504 e. The lowest BCUT2D eigenvalue weighted by Gasteiger charge is -2.26. The van der Waals surface area contributed by atoms with Crippen molar-refractivity contribution in [3.8, 4) is 23.0 Å². The molecular formula is C26H25IN2O7S. The van der Waals surface area contributed by atoms with Gasteiger partial charge >= 0.3 is 5.97 Å². The maximum Gasteiger partial charge on any atom is 0.338 e. The van der Waals surface area contributed by atoms with Crippen LogP contribution < -0.4 is 29.1 Å². The zero-order chi connectivity index (χ0) is 26.9. The number of aromatic hydroxyl groups is 1. The number of hydrogen-bond donors (Lipinski definition) is 1. The molecule has 0 bridgehead atoms. The molecule has 194 valence electrons. The third-order valence-electron chi connectivity index (χ3n) is 5.82. The third-order valence-corrected chi connectivity index (χ3v) is 7.62. The van der Waals surface area contributed by atoms with Gasteiger partial charge in [0.2, 0.25) is 0 Å². The van der Waals surface area contributed by atoms with Gasteiger partial charge in [0.25, 0.3) is 5.56 Å². The maximum atomic E-state index is 13.8. The number of carbonyl (C=O) groups excluding carboxylic acids is 1. The van der Waals surface area contributed by atoms with Crippen LogP contribution in [0.25, 0.3) is 6.08 Å². The fourth-order valence-electron chi connectivity index (χ4n) is 4.12. The molecule has 0 unspecified atom stereocenters. The lowest BCUT2D eigenvalue weighted by atomic mass is 9.94. The minimum absolute atomic E-state index is 0.0292. The van der Waals surface area contributed by atoms with Crippen LogP contribution in [0.5, 0.6) is 23.0 Å². The monoisotopic (exact) mass is 636 g/mol. The van der Waals surface area contributed by atoms with Gasteiger partial charge in [0.15, 0.2) is 16.3 Å². The summed E-state index contributed by atoms with van der Waals surface area (Å²) in [6.45, 7) is 3.61. The summed E-state index contributed by atoms with van der Waals surface area (Å²) < 4.78 is 24.1. The number of halogens is 1. The number of hydrogen-bond acceptors (Lipinski definition) is 9. The van der Waals surface area contributed by atoms with E-state index in [-0.39, 0.29) is 23.5 Å². The van der Waals surface area contributed by atoms with Crippen LogP contribution in [-0.2, 0) is 9.53 Å². The summed E-state index contributed by atoms with van der Waals surface area (Å²) in [5.41, 5.74) is 1.58. The second-order valence-electron chi connectivity index (χ2n) is 7.96. The van der Waals surface area contributed by atoms with Crippen LogP contribution in [0.3, 0.4) is 0 Å². The van der Waals surface area contributed by atoms with E-state index < -0.39 is 12.0 Å². The van der Waals surface area contributed by atoms with Gasteiger partial charge in [-0.25, -0.2) is 9.79 Å². The number of phenolic OH excluding ortho intramolecular Hbond substituents is 1. The van der Waals surface area contributed by atoms with E-state index in [1.165, 1.54) is 37.2 Å². The van der Waals surface area contributed by atoms with Crippen molar-refractivity contribution >= 4 is 46.0 Å². The molecule has 0 aliphatic carbocycles. The molecule has 9 nitrogen and oxygen atoms in total. The molecule has 0 fully saturated rings. The van der Waals surface area contributed by atoms with Crippen molar-refractivity contribution in [2.45, 2.75) is 19.9 Å². The van der Waals surface area contributed by atoms with Gasteiger partial charge in [-0.3, -0.25) is 9.36 Å². The number of carbonyl (C=O) groups is 1. The Kier molecular flexibility index (Phi) is 7.93. The second-order valence-corrected chi connectivity index (χ2v) is 10.1. The Morgan fingerprint density at radius 3 is 2.54 bits per heavy atom. The van der Waals surface area contributed by atoms with Gasteiger partial charge in [-0.15, -0.1) is 0 Å². The van der Waals surface area contributed by atoms with Gasteiger partial charge in [-0.2, -0.15) is 0 Å². The van der Waals surface area contributed by atoms with E-state index in [0.29, 0.717) is 47.0 Å². The zero-order valence-electron chi connectivity index (χ0n) is 20.8. The molecule has 2 heterocycles. The second kappa shape index (κ2) is 11.0. The van der Waals surface area contributed by atoms with Gasteiger partial charge in [-0.05, 0) is 78.4 Å². The van der Waals surface area contributed by atoms with Crippen molar-refractivity contribution in [3.05, 3.63) is 76.0 Å². The van der Waals surface area contributed by atoms with Crippen molar-refractivity contribution in [2.75, 3.05) is 27.9 Å². The first-order valence-electron chi connectivity index (χ1n) is 11.2. The van der Waals surface area contributed by atoms with Gasteiger partial charge in [-0.1, -0.05) is 11.3 Å². The lowest BCUT2D eigenvalue weighted by molar-refractivity contribution is -0.139. The predicted octanol–water partition coefficient (Wildman–Crippen LogP) is 3.13. The molecule has 1 atom stereocenters. The molecule has 1 aliphatic rings. The largest absolute Gasteiger partial charge is 0.504 e. The molecule has 1 aromatic heterocycles. The number of methoxy groups -OCH3 is 3. The molecule has 0 saturated heterocycles. The summed E-state index contributed by atoms with van der Waals surface area (Å²) in [4.78, 5) is 32.0. The zero-order valence-corrected chi connectivity index (χ0v) is 23.8. The lowest BCUT2D eigenvalue weighted by Crippen LogP contribution is -2.40. The Morgan fingerprint density at radius 2 is 1.89 bits per heavy atom. The average molecular weight is 636 g/mol. The fraction of sp³-hybridized carbons (Fsp3) is 0.269. The van der Waals surface area contributed by atoms with E-state index in [1.807, 2.05) is 22.6 Å². The van der Waals surface area contributed by atoms with E-state index in [1.54, 1.807) is 50.3 Å². The van der Waals surface area contributed by atoms with Crippen LogP contribution in [0.1, 0.15) is 31.0 Å². The van der Waals surface area contributed by atoms with Gasteiger partial charge < -0.3 is 24.1 Å². The topological polar surface area (TPSA) is 109 Å². The van der Waals surface area contributed by atoms with E-state index in [4.69, 9.17) is 18.9 Å². The molecular weight excluding hydrogens is 611 g/mol. The van der Waals surface area contributed by atoms with Gasteiger partial charge in [0.05, 0.1) is 47.3 Å². The summed E-state index contributed by atoms with van der Waals surface area (Å²) >= 11 is 3.20. The molecule has 37 heavy (non-hydrogen) atoms. The number of benzene rings is 2. The fourth-order valence-corrected chi connectivity index (χ4v) is 5.79. The Bertz CT molecular complexity index is 1590. The molecule has 1 aliphatic heterocycles. The quantitative estimate of drug-likeness (QED) is 0.314. The molecule has 1 N–H and O–H groups in total. The molecule has 0 saturated carbocycles. The molecule has 0 spiro atoms. The number of aromatic nitrogens is 1. The number of rotatable bonds is 7. The van der Waals surface area contributed by atoms with E-state index in [9.17, 15) is 14.7 Å². The highest BCUT2D eigenvalue weighted by Gasteiger charge is 2.35. The number of nitrogens with zero attached hydrogens (tertiary/aromatic N) is 2. The Morgan fingerprint density at radius 1 is 1.16 bits per heavy atom. The first kappa shape index (κ1) is 26.7. The number of allylic oxidation sites excluding steroid dienone is 1. The smallest absolute Gasteiger partial charge is 0.338 e. The Balaban J connectivity index is 2.01. The van der Waals surface area contributed by atoms with Crippen LogP contribution in [0.2, 0.25) is 0 Å². The van der Waals surface area contributed by atoms with Crippen molar-refractivity contribution in [2.24, 2.45) is 4.99 Å². The molecule has 0 amide bonds. The van der Waals surface area contributed by atoms with E-state index in [2.05, 4.69) is 4.99 Å². The highest BCUT2D eigenvalue weighted by molar-refractivity contribution is 14.1. The first-order valence-corrected chi connectivity index (χ1v) is 13.1. The number of esters is 1. The number of phenols is 1. The number of thiazole rings is 1. The number of ether oxygens (including phenoxy) is 4. The maximum absolute atomic E-state index is 13.8. The number of fused-ring (bicyclic) bond motifs is 1. The molecule has 2 aromatic carbocycles. The average Bonchev–Trinajstić information content (AvgIpc) is 3.18. The summed E-state index contributed by atoms with van der Waals surface area (Å²) in [6, 6.07) is 7.75. The summed E-state index contributed by atoms with van der Waals surface area (Å²) in [7, 11) is 4.52. The molecule has 3 aromatic rings. The first-order chi connectivity index (χ1) is 17.7. The van der Waals surface area contributed by atoms with E-state index in [0.717, 1.165) is 0 Å². The standard InChI is InChI=1S/C26H25IN2O7S/c1-6-36-25(32)21-13(2)28-26-29(22(21)16-12-15(33-3)7-8-18(16)34-4)24(31)20(37-26)11-14-9-17(27)23(30)19(10-14)35-5/h7-12,22,30H,6H2,1-5H3/t22-/m1/s1. The highest BCUT2D eigenvalue weighted by atomic mass is 127. The van der Waals surface area contributed by atoms with Crippen LogP contribution >= 0.6 is 33.9 Å². The highest BCUT2D eigenvalue weighted by Crippen LogP contribution is 2.38. The van der Waals surface area contributed by atoms with Crippen LogP contribution in [0.15, 0.2) is 51.4 Å². The van der Waals surface area contributed by atoms with Crippen LogP contribution in [-0.4, -0.2) is 43.6 Å². The summed E-state index contributed by atoms with van der Waals surface area (Å²) in [5, 5.41) is 10.2. The predicted molar refractivity (Wildman–Crippen MR) is 147 cm³/mol.